The van der Waals surface area contributed by atoms with E-state index in [1.165, 1.54) is 0 Å². The van der Waals surface area contributed by atoms with Crippen molar-refractivity contribution >= 4 is 11.9 Å². The fourth-order valence-corrected chi connectivity index (χ4v) is 1.59. The Morgan fingerprint density at radius 3 is 2.68 bits per heavy atom. The Labute approximate surface area is 113 Å². The average molecular weight is 264 g/mol. The lowest BCUT2D eigenvalue weighted by Crippen LogP contribution is -2.30. The van der Waals surface area contributed by atoms with Gasteiger partial charge in [-0.25, -0.2) is 0 Å². The quantitative estimate of drug-likeness (QED) is 0.790. The Kier molecular flexibility index (Phi) is 5.79. The minimum absolute atomic E-state index is 0.124. The highest BCUT2D eigenvalue weighted by Crippen LogP contribution is 2.15. The number of nitrogens with two attached hydrogens (primary N) is 1. The number of nitrogens with zero attached hydrogens (tertiary/aromatic N) is 5. The second-order valence-corrected chi connectivity index (χ2v) is 4.46. The molecule has 0 unspecified atom stereocenters. The molecule has 7 heteroatoms. The third kappa shape index (κ3) is 4.95. The highest BCUT2D eigenvalue weighted by molar-refractivity contribution is 5.36. The smallest absolute Gasteiger partial charge is 0.323 e. The highest BCUT2D eigenvalue weighted by atomic mass is 16.5. The molecule has 1 aromatic heterocycles. The van der Waals surface area contributed by atoms with Gasteiger partial charge >= 0.3 is 6.01 Å². The van der Waals surface area contributed by atoms with Gasteiger partial charge < -0.3 is 15.4 Å². The van der Waals surface area contributed by atoms with Gasteiger partial charge in [-0.3, -0.25) is 0 Å². The number of nitriles is 1. The van der Waals surface area contributed by atoms with Gasteiger partial charge in [0, 0.05) is 13.1 Å². The van der Waals surface area contributed by atoms with Gasteiger partial charge in [0.05, 0.1) is 19.1 Å². The van der Waals surface area contributed by atoms with Crippen LogP contribution in [0.5, 0.6) is 6.01 Å². The molecule has 1 rings (SSSR count). The topological polar surface area (TPSA) is 101 Å². The minimum atomic E-state index is 0.124. The van der Waals surface area contributed by atoms with Gasteiger partial charge in [-0.2, -0.15) is 20.2 Å². The molecule has 0 aromatic carbocycles. The van der Waals surface area contributed by atoms with Crippen molar-refractivity contribution in [1.82, 2.24) is 15.0 Å². The van der Waals surface area contributed by atoms with E-state index in [4.69, 9.17) is 15.7 Å². The van der Waals surface area contributed by atoms with Crippen LogP contribution in [0, 0.1) is 17.2 Å². The van der Waals surface area contributed by atoms with E-state index in [0.29, 0.717) is 31.4 Å². The van der Waals surface area contributed by atoms with Gasteiger partial charge in [-0.05, 0) is 12.8 Å². The molecule has 0 spiro atoms. The van der Waals surface area contributed by atoms with Crippen molar-refractivity contribution in [3.63, 3.8) is 0 Å². The summed E-state index contributed by atoms with van der Waals surface area (Å²) in [5.74, 6) is 1.01. The van der Waals surface area contributed by atoms with E-state index in [1.54, 1.807) is 0 Å². The van der Waals surface area contributed by atoms with Crippen molar-refractivity contribution in [3.05, 3.63) is 0 Å². The van der Waals surface area contributed by atoms with E-state index in [-0.39, 0.29) is 12.0 Å². The van der Waals surface area contributed by atoms with E-state index in [0.717, 1.165) is 6.54 Å². The van der Waals surface area contributed by atoms with Crippen molar-refractivity contribution in [2.45, 2.75) is 27.2 Å². The minimum Gasteiger partial charge on any atom is -0.464 e. The highest BCUT2D eigenvalue weighted by Gasteiger charge is 2.14. The predicted molar refractivity (Wildman–Crippen MR) is 72.7 cm³/mol. The SMILES string of the molecule is CCOc1nc(N)nc(N(CCC#N)CC(C)C)n1. The van der Waals surface area contributed by atoms with E-state index in [9.17, 15) is 0 Å². The molecule has 0 amide bonds. The molecule has 0 aliphatic carbocycles. The average Bonchev–Trinajstić information content (AvgIpc) is 2.33. The molecular weight excluding hydrogens is 244 g/mol. The van der Waals surface area contributed by atoms with Crippen LogP contribution in [-0.2, 0) is 0 Å². The third-order valence-electron chi connectivity index (χ3n) is 2.26. The standard InChI is InChI=1S/C12H20N6O/c1-4-19-12-16-10(14)15-11(17-12)18(7-5-6-13)8-9(2)3/h9H,4-5,7-8H2,1-3H3,(H2,14,15,16,17). The predicted octanol–water partition coefficient (Wildman–Crippen LogP) is 1.23. The first-order chi connectivity index (χ1) is 9.06. The van der Waals surface area contributed by atoms with Crippen LogP contribution < -0.4 is 15.4 Å². The molecule has 0 bridgehead atoms. The zero-order chi connectivity index (χ0) is 14.3. The summed E-state index contributed by atoms with van der Waals surface area (Å²) in [6.07, 6.45) is 0.405. The number of aromatic nitrogens is 3. The monoisotopic (exact) mass is 264 g/mol. The van der Waals surface area contributed by atoms with Gasteiger partial charge in [0.1, 0.15) is 0 Å². The van der Waals surface area contributed by atoms with Crippen LogP contribution in [0.2, 0.25) is 0 Å². The van der Waals surface area contributed by atoms with Crippen LogP contribution in [0.15, 0.2) is 0 Å². The zero-order valence-corrected chi connectivity index (χ0v) is 11.6. The Balaban J connectivity index is 2.96. The van der Waals surface area contributed by atoms with Crippen molar-refractivity contribution < 1.29 is 4.74 Å². The zero-order valence-electron chi connectivity index (χ0n) is 11.6. The van der Waals surface area contributed by atoms with Gasteiger partial charge in [0.2, 0.25) is 11.9 Å². The summed E-state index contributed by atoms with van der Waals surface area (Å²) in [5.41, 5.74) is 5.65. The molecular formula is C12H20N6O. The molecule has 0 saturated heterocycles. The van der Waals surface area contributed by atoms with E-state index >= 15 is 0 Å². The second kappa shape index (κ2) is 7.36. The Morgan fingerprint density at radius 1 is 1.37 bits per heavy atom. The number of anilines is 2. The number of hydrogen-bond donors (Lipinski definition) is 1. The summed E-state index contributed by atoms with van der Waals surface area (Å²) >= 11 is 0. The van der Waals surface area contributed by atoms with Crippen molar-refractivity contribution in [1.29, 1.82) is 5.26 Å². The summed E-state index contributed by atoms with van der Waals surface area (Å²) < 4.78 is 5.25. The van der Waals surface area contributed by atoms with Crippen molar-refractivity contribution in [2.75, 3.05) is 30.3 Å². The lowest BCUT2D eigenvalue weighted by molar-refractivity contribution is 0.312. The summed E-state index contributed by atoms with van der Waals surface area (Å²) in [6, 6.07) is 2.34. The van der Waals surface area contributed by atoms with Crippen LogP contribution in [0.4, 0.5) is 11.9 Å². The maximum Gasteiger partial charge on any atom is 0.323 e. The van der Waals surface area contributed by atoms with Gasteiger partial charge in [0.15, 0.2) is 0 Å². The molecule has 19 heavy (non-hydrogen) atoms. The van der Waals surface area contributed by atoms with Gasteiger partial charge in [-0.1, -0.05) is 13.8 Å². The number of ether oxygens (including phenoxy) is 1. The summed E-state index contributed by atoms with van der Waals surface area (Å²) in [7, 11) is 0. The molecule has 2 N–H and O–H groups in total. The molecule has 1 aromatic rings. The summed E-state index contributed by atoms with van der Waals surface area (Å²) in [4.78, 5) is 14.2. The maximum atomic E-state index is 8.71. The van der Waals surface area contributed by atoms with E-state index in [1.807, 2.05) is 11.8 Å². The summed E-state index contributed by atoms with van der Waals surface area (Å²) in [5, 5.41) is 8.71. The van der Waals surface area contributed by atoms with Gasteiger partial charge in [0.25, 0.3) is 0 Å². The third-order valence-corrected chi connectivity index (χ3v) is 2.26. The molecule has 0 aliphatic heterocycles. The lowest BCUT2D eigenvalue weighted by Gasteiger charge is -2.23. The van der Waals surface area contributed by atoms with Crippen LogP contribution in [0.1, 0.15) is 27.2 Å². The van der Waals surface area contributed by atoms with Crippen molar-refractivity contribution in [3.8, 4) is 12.1 Å². The van der Waals surface area contributed by atoms with Crippen molar-refractivity contribution in [2.24, 2.45) is 5.92 Å². The van der Waals surface area contributed by atoms with Crippen LogP contribution in [0.3, 0.4) is 0 Å². The Bertz CT molecular complexity index is 442. The molecule has 0 saturated carbocycles. The van der Waals surface area contributed by atoms with Crippen LogP contribution in [-0.4, -0.2) is 34.6 Å². The van der Waals surface area contributed by atoms with E-state index in [2.05, 4.69) is 34.9 Å². The van der Waals surface area contributed by atoms with Crippen LogP contribution in [0.25, 0.3) is 0 Å². The van der Waals surface area contributed by atoms with E-state index < -0.39 is 0 Å². The molecule has 0 fully saturated rings. The Hall–Kier alpha value is -2.10. The first-order valence-electron chi connectivity index (χ1n) is 6.33. The molecule has 1 heterocycles. The maximum absolute atomic E-state index is 8.71. The number of nitrogen functional groups attached to an aromatic ring is 1. The lowest BCUT2D eigenvalue weighted by atomic mass is 10.2. The first-order valence-corrected chi connectivity index (χ1v) is 6.33. The fraction of sp³-hybridized carbons (Fsp3) is 0.667. The number of rotatable bonds is 7. The molecule has 0 aliphatic rings. The Morgan fingerprint density at radius 2 is 2.11 bits per heavy atom. The normalized spacial score (nSPS) is 10.3. The number of hydrogen-bond acceptors (Lipinski definition) is 7. The molecule has 0 radical (unpaired) electrons. The fourth-order valence-electron chi connectivity index (χ4n) is 1.59. The first kappa shape index (κ1) is 15.0. The molecule has 0 atom stereocenters. The largest absolute Gasteiger partial charge is 0.464 e. The molecule has 104 valence electrons. The molecule has 7 nitrogen and oxygen atoms in total. The van der Waals surface area contributed by atoms with Gasteiger partial charge in [-0.15, -0.1) is 0 Å². The second-order valence-electron chi connectivity index (χ2n) is 4.46. The summed E-state index contributed by atoms with van der Waals surface area (Å²) in [6.45, 7) is 7.80. The van der Waals surface area contributed by atoms with Crippen LogP contribution >= 0.6 is 0 Å².